The molecule has 0 amide bonds. The van der Waals surface area contributed by atoms with Crippen LogP contribution >= 0.6 is 16.4 Å². The van der Waals surface area contributed by atoms with E-state index < -0.39 is 0 Å². The Morgan fingerprint density at radius 1 is 0.800 bits per heavy atom. The summed E-state index contributed by atoms with van der Waals surface area (Å²) in [5, 5.41) is 4.41. The van der Waals surface area contributed by atoms with Gasteiger partial charge in [0.15, 0.2) is 0 Å². The summed E-state index contributed by atoms with van der Waals surface area (Å²) in [6.07, 6.45) is 0. The minimum Gasteiger partial charge on any atom is -0.298 e. The van der Waals surface area contributed by atoms with Crippen molar-refractivity contribution in [1.82, 2.24) is 0 Å². The lowest BCUT2D eigenvalue weighted by Gasteiger charge is -2.02. The van der Waals surface area contributed by atoms with Crippen LogP contribution in [0.25, 0.3) is 20.8 Å². The predicted octanol–water partition coefficient (Wildman–Crippen LogP) is 5.39. The second kappa shape index (κ2) is 3.81. The molecule has 1 aromatic heterocycles. The molecule has 0 saturated heterocycles. The highest BCUT2D eigenvalue weighted by Gasteiger charge is 1.91. The van der Waals surface area contributed by atoms with Crippen molar-refractivity contribution in [3.8, 4) is 10.6 Å². The van der Waals surface area contributed by atoms with Crippen LogP contribution in [0.2, 0.25) is 0 Å². The average Bonchev–Trinajstić information content (AvgIpc) is 2.74. The highest BCUT2D eigenvalue weighted by atomic mass is 31.1. The summed E-state index contributed by atoms with van der Waals surface area (Å²) in [7, 11) is 2.75. The third-order valence-electron chi connectivity index (χ3n) is 2.37. The Kier molecular flexibility index (Phi) is 2.33. The predicted molar refractivity (Wildman–Crippen MR) is 70.0 cm³/mol. The first-order valence-corrected chi connectivity index (χ1v) is 6.67. The first kappa shape index (κ1) is 9.16. The lowest BCUT2D eigenvalue weighted by atomic mass is 10.2. The highest BCUT2D eigenvalue weighted by molar-refractivity contribution is 7.61. The summed E-state index contributed by atoms with van der Waals surface area (Å²) in [6.45, 7) is 0. The molecule has 0 atom stereocenters. The zero-order chi connectivity index (χ0) is 10.1. The van der Waals surface area contributed by atoms with Gasteiger partial charge >= 0.3 is 0 Å². The number of hydrogen-bond acceptors (Lipinski definition) is 0. The molecule has 2 heteroatoms. The van der Waals surface area contributed by atoms with E-state index in [4.69, 9.17) is 0 Å². The summed E-state index contributed by atoms with van der Waals surface area (Å²) in [5.74, 6) is 0. The van der Waals surface area contributed by atoms with Crippen molar-refractivity contribution in [3.63, 3.8) is 0 Å². The van der Waals surface area contributed by atoms with Crippen LogP contribution in [-0.4, -0.2) is 0 Å². The van der Waals surface area contributed by atoms with Gasteiger partial charge in [0.2, 0.25) is 0 Å². The third-order valence-corrected chi connectivity index (χ3v) is 5.34. The van der Waals surface area contributed by atoms with Crippen molar-refractivity contribution < 1.29 is 0 Å². The van der Waals surface area contributed by atoms with Crippen LogP contribution in [0.5, 0.6) is 0 Å². The van der Waals surface area contributed by atoms with Gasteiger partial charge in [-0.15, -0.1) is 10.2 Å². The van der Waals surface area contributed by atoms with Gasteiger partial charge < -0.3 is 0 Å². The first-order valence-electron chi connectivity index (χ1n) is 4.88. The Morgan fingerprint density at radius 3 is 2.33 bits per heavy atom. The molecule has 0 N–H and O–H groups in total. The molecular weight excluding hydrogens is 218 g/mol. The van der Waals surface area contributed by atoms with E-state index in [0.29, 0.717) is 0 Å². The van der Waals surface area contributed by atoms with Crippen molar-refractivity contribution >= 4 is 26.6 Å². The molecule has 0 radical (unpaired) electrons. The molecule has 0 aliphatic carbocycles. The topological polar surface area (TPSA) is 0 Å². The fourth-order valence-corrected chi connectivity index (χ4v) is 4.48. The maximum atomic E-state index is 2.22. The zero-order valence-corrected chi connectivity index (χ0v) is 9.88. The lowest BCUT2D eigenvalue weighted by molar-refractivity contribution is 1.72. The molecule has 72 valence electrons. The molecule has 0 fully saturated rings. The van der Waals surface area contributed by atoms with Crippen molar-refractivity contribution in [2.24, 2.45) is 0 Å². The first-order chi connectivity index (χ1) is 7.43. The minimum atomic E-state index is 1.37. The largest absolute Gasteiger partial charge is 0.298 e. The van der Waals surface area contributed by atoms with E-state index in [1.807, 2.05) is 0 Å². The quantitative estimate of drug-likeness (QED) is 0.523. The highest BCUT2D eigenvalue weighted by Crippen LogP contribution is 2.45. The second-order valence-electron chi connectivity index (χ2n) is 3.40. The summed E-state index contributed by atoms with van der Waals surface area (Å²) >= 11 is 0. The van der Waals surface area contributed by atoms with Crippen molar-refractivity contribution in [2.75, 3.05) is 0 Å². The molecule has 0 spiro atoms. The zero-order valence-electron chi connectivity index (χ0n) is 8.09. The van der Waals surface area contributed by atoms with Gasteiger partial charge in [0, 0.05) is 0 Å². The summed E-state index contributed by atoms with van der Waals surface area (Å²) in [5.41, 5.74) is 1.37. The molecule has 3 aromatic rings. The molecule has 2 aromatic carbocycles. The molecule has 1 heterocycles. The van der Waals surface area contributed by atoms with Crippen LogP contribution in [0.15, 0.2) is 54.6 Å². The van der Waals surface area contributed by atoms with E-state index >= 15 is 0 Å². The van der Waals surface area contributed by atoms with E-state index in [1.165, 1.54) is 37.2 Å². The number of rotatable bonds is 1. The summed E-state index contributed by atoms with van der Waals surface area (Å²) in [4.78, 5) is 0. The number of benzene rings is 2. The van der Waals surface area contributed by atoms with E-state index in [2.05, 4.69) is 54.6 Å². The molecule has 0 unspecified atom stereocenters. The number of hydrogen-bond donors (Lipinski definition) is 0. The Bertz CT molecular complexity index is 549. The fourth-order valence-electron chi connectivity index (χ4n) is 1.62. The molecule has 0 nitrogen and oxygen atoms in total. The monoisotopic (exact) mass is 227 g/mol. The van der Waals surface area contributed by atoms with E-state index in [1.54, 1.807) is 0 Å². The number of fused-ring (bicyclic) bond motifs is 1. The Morgan fingerprint density at radius 2 is 1.53 bits per heavy atom. The second-order valence-corrected chi connectivity index (χ2v) is 6.06. The average molecular weight is 227 g/mol. The molecule has 0 aliphatic heterocycles. The Hall–Kier alpha value is -1.09. The van der Waals surface area contributed by atoms with Gasteiger partial charge in [-0.05, 0) is 5.56 Å². The van der Waals surface area contributed by atoms with Crippen LogP contribution < -0.4 is 0 Å². The van der Waals surface area contributed by atoms with Gasteiger partial charge in [0.05, 0.1) is 0 Å². The van der Waals surface area contributed by atoms with Crippen molar-refractivity contribution in [3.05, 3.63) is 54.6 Å². The van der Waals surface area contributed by atoms with Crippen LogP contribution in [0.3, 0.4) is 0 Å². The molecule has 3 rings (SSSR count). The minimum absolute atomic E-state index is 1.37. The Balaban J connectivity index is 2.21. The smallest absolute Gasteiger partial charge is 0.0467 e. The molecule has 0 aliphatic rings. The normalized spacial score (nSPS) is 11.7. The molecular formula is C13H9P2-. The maximum absolute atomic E-state index is 2.22. The van der Waals surface area contributed by atoms with Crippen LogP contribution in [-0.2, 0) is 0 Å². The lowest BCUT2D eigenvalue weighted by Crippen LogP contribution is -1.64. The van der Waals surface area contributed by atoms with E-state index in [-0.39, 0.29) is 0 Å². The molecule has 0 saturated carbocycles. The van der Waals surface area contributed by atoms with Gasteiger partial charge in [0.25, 0.3) is 0 Å². The third kappa shape index (κ3) is 1.72. The van der Waals surface area contributed by atoms with Crippen LogP contribution in [0.4, 0.5) is 0 Å². The Labute approximate surface area is 92.2 Å². The molecule has 0 bridgehead atoms. The summed E-state index contributed by atoms with van der Waals surface area (Å²) in [6, 6.07) is 19.4. The van der Waals surface area contributed by atoms with E-state index in [9.17, 15) is 0 Å². The van der Waals surface area contributed by atoms with Crippen LogP contribution in [0.1, 0.15) is 0 Å². The van der Waals surface area contributed by atoms with Gasteiger partial charge in [-0.3, -0.25) is 16.4 Å². The van der Waals surface area contributed by atoms with Gasteiger partial charge in [-0.25, -0.2) is 0 Å². The van der Waals surface area contributed by atoms with Gasteiger partial charge in [0.1, 0.15) is 0 Å². The fraction of sp³-hybridized carbons (Fsp3) is 0. The SMILES string of the molecule is c1ccc(-c2pc3ccccc3[p-]2)cc1. The maximum Gasteiger partial charge on any atom is -0.0467 e. The van der Waals surface area contributed by atoms with Crippen molar-refractivity contribution in [2.45, 2.75) is 0 Å². The van der Waals surface area contributed by atoms with Gasteiger partial charge in [-0.1, -0.05) is 54.6 Å². The van der Waals surface area contributed by atoms with Crippen molar-refractivity contribution in [1.29, 1.82) is 0 Å². The van der Waals surface area contributed by atoms with E-state index in [0.717, 1.165) is 0 Å². The van der Waals surface area contributed by atoms with Crippen LogP contribution in [0, 0.1) is 0 Å². The standard InChI is InChI=1S/C13H9P2/c1-2-6-10(7-3-1)13-14-11-8-4-5-9-12(11)15-13/h1-9H/q-1. The van der Waals surface area contributed by atoms with Gasteiger partial charge in [-0.2, -0.15) is 5.03 Å². The summed E-state index contributed by atoms with van der Waals surface area (Å²) < 4.78 is 0. The molecule has 15 heavy (non-hydrogen) atoms.